The minimum Gasteiger partial charge on any atom is -0.411 e. The molecule has 2 aromatic heterocycles. The predicted molar refractivity (Wildman–Crippen MR) is 68.3 cm³/mol. The lowest BCUT2D eigenvalue weighted by Crippen LogP contribution is -2.13. The normalized spacial score (nSPS) is 11.3. The summed E-state index contributed by atoms with van der Waals surface area (Å²) in [4.78, 5) is 19.8. The fraction of sp³-hybridized carbons (Fsp3) is 0.0909. The Bertz CT molecular complexity index is 580. The fourth-order valence-corrected chi connectivity index (χ4v) is 1.96. The molecule has 0 bridgehead atoms. The fourth-order valence-electron chi connectivity index (χ4n) is 1.21. The Morgan fingerprint density at radius 3 is 2.94 bits per heavy atom. The zero-order valence-electron chi connectivity index (χ0n) is 9.49. The molecule has 1 amide bonds. The van der Waals surface area contributed by atoms with Crippen LogP contribution < -0.4 is 5.32 Å². The van der Waals surface area contributed by atoms with Gasteiger partial charge in [-0.15, -0.1) is 11.3 Å². The number of pyridine rings is 1. The highest BCUT2D eigenvalue weighted by atomic mass is 32.1. The van der Waals surface area contributed by atoms with E-state index in [9.17, 15) is 4.79 Å². The molecular formula is C11H10N4O2S. The van der Waals surface area contributed by atoms with E-state index in [0.29, 0.717) is 22.2 Å². The number of anilines is 1. The lowest BCUT2D eigenvalue weighted by Gasteiger charge is -1.99. The average Bonchev–Trinajstić information content (AvgIpc) is 2.87. The maximum absolute atomic E-state index is 11.8. The van der Waals surface area contributed by atoms with Crippen molar-refractivity contribution in [2.24, 2.45) is 5.16 Å². The van der Waals surface area contributed by atoms with Gasteiger partial charge in [0.15, 0.2) is 5.13 Å². The number of aromatic nitrogens is 2. The van der Waals surface area contributed by atoms with Crippen molar-refractivity contribution in [2.45, 2.75) is 6.92 Å². The molecule has 2 rings (SSSR count). The number of oxime groups is 1. The van der Waals surface area contributed by atoms with Crippen molar-refractivity contribution in [1.29, 1.82) is 0 Å². The van der Waals surface area contributed by atoms with Gasteiger partial charge in [-0.25, -0.2) is 4.98 Å². The summed E-state index contributed by atoms with van der Waals surface area (Å²) >= 11 is 1.25. The van der Waals surface area contributed by atoms with Crippen molar-refractivity contribution in [1.82, 2.24) is 9.97 Å². The standard InChI is InChI=1S/C11H10N4O2S/c1-7(15-17)9-6-18-11(13-9)14-10(16)8-4-2-3-5-12-8/h2-6,17H,1H3,(H,13,14,16). The highest BCUT2D eigenvalue weighted by Crippen LogP contribution is 2.16. The van der Waals surface area contributed by atoms with E-state index in [1.165, 1.54) is 11.3 Å². The van der Waals surface area contributed by atoms with E-state index < -0.39 is 0 Å². The van der Waals surface area contributed by atoms with Crippen molar-refractivity contribution in [3.05, 3.63) is 41.2 Å². The Morgan fingerprint density at radius 2 is 2.28 bits per heavy atom. The van der Waals surface area contributed by atoms with Crippen molar-refractivity contribution in [2.75, 3.05) is 5.32 Å². The second-order valence-electron chi connectivity index (χ2n) is 3.39. The topological polar surface area (TPSA) is 87.5 Å². The molecule has 0 spiro atoms. The Balaban J connectivity index is 2.11. The highest BCUT2D eigenvalue weighted by molar-refractivity contribution is 7.14. The third kappa shape index (κ3) is 2.69. The van der Waals surface area contributed by atoms with Gasteiger partial charge in [-0.3, -0.25) is 15.1 Å². The summed E-state index contributed by atoms with van der Waals surface area (Å²) < 4.78 is 0. The van der Waals surface area contributed by atoms with Crippen LogP contribution in [-0.2, 0) is 0 Å². The van der Waals surface area contributed by atoms with E-state index in [1.54, 1.807) is 36.7 Å². The summed E-state index contributed by atoms with van der Waals surface area (Å²) in [5, 5.41) is 16.4. The van der Waals surface area contributed by atoms with Gasteiger partial charge in [-0.2, -0.15) is 0 Å². The van der Waals surface area contributed by atoms with Crippen LogP contribution in [0.1, 0.15) is 23.1 Å². The van der Waals surface area contributed by atoms with Gasteiger partial charge in [0.25, 0.3) is 5.91 Å². The Morgan fingerprint density at radius 1 is 1.44 bits per heavy atom. The second-order valence-corrected chi connectivity index (χ2v) is 4.25. The van der Waals surface area contributed by atoms with Gasteiger partial charge >= 0.3 is 0 Å². The van der Waals surface area contributed by atoms with E-state index in [4.69, 9.17) is 5.21 Å². The number of nitrogens with one attached hydrogen (secondary N) is 1. The molecule has 2 aromatic rings. The molecule has 92 valence electrons. The van der Waals surface area contributed by atoms with E-state index in [0.717, 1.165) is 0 Å². The number of carbonyl (C=O) groups is 1. The van der Waals surface area contributed by atoms with Gasteiger partial charge < -0.3 is 5.21 Å². The third-order valence-corrected chi connectivity index (χ3v) is 2.90. The number of amides is 1. The molecule has 18 heavy (non-hydrogen) atoms. The molecule has 0 aliphatic heterocycles. The Kier molecular flexibility index (Phi) is 3.63. The molecule has 0 aromatic carbocycles. The monoisotopic (exact) mass is 262 g/mol. The van der Waals surface area contributed by atoms with Crippen LogP contribution in [0.5, 0.6) is 0 Å². The first kappa shape index (κ1) is 12.2. The van der Waals surface area contributed by atoms with Crippen LogP contribution in [0.2, 0.25) is 0 Å². The van der Waals surface area contributed by atoms with Crippen LogP contribution in [0.4, 0.5) is 5.13 Å². The molecule has 2 heterocycles. The molecule has 0 saturated heterocycles. The van der Waals surface area contributed by atoms with E-state index in [2.05, 4.69) is 20.4 Å². The summed E-state index contributed by atoms with van der Waals surface area (Å²) in [7, 11) is 0. The van der Waals surface area contributed by atoms with E-state index >= 15 is 0 Å². The first-order chi connectivity index (χ1) is 8.70. The molecular weight excluding hydrogens is 252 g/mol. The number of carbonyl (C=O) groups excluding carboxylic acids is 1. The highest BCUT2D eigenvalue weighted by Gasteiger charge is 2.10. The smallest absolute Gasteiger partial charge is 0.276 e. The van der Waals surface area contributed by atoms with Crippen LogP contribution in [-0.4, -0.2) is 26.8 Å². The molecule has 0 unspecified atom stereocenters. The molecule has 0 aliphatic carbocycles. The summed E-state index contributed by atoms with van der Waals surface area (Å²) in [6, 6.07) is 5.08. The van der Waals surface area contributed by atoms with Crippen LogP contribution in [0, 0.1) is 0 Å². The van der Waals surface area contributed by atoms with Crippen LogP contribution in [0.15, 0.2) is 34.9 Å². The largest absolute Gasteiger partial charge is 0.411 e. The predicted octanol–water partition coefficient (Wildman–Crippen LogP) is 1.99. The minimum atomic E-state index is -0.324. The van der Waals surface area contributed by atoms with E-state index in [-0.39, 0.29) is 5.91 Å². The maximum atomic E-state index is 11.8. The minimum absolute atomic E-state index is 0.321. The number of hydrogen-bond acceptors (Lipinski definition) is 6. The lowest BCUT2D eigenvalue weighted by atomic mass is 10.3. The summed E-state index contributed by atoms with van der Waals surface area (Å²) in [5.74, 6) is -0.324. The zero-order chi connectivity index (χ0) is 13.0. The van der Waals surface area contributed by atoms with Crippen molar-refractivity contribution in [3.8, 4) is 0 Å². The maximum Gasteiger partial charge on any atom is 0.276 e. The van der Waals surface area contributed by atoms with Crippen LogP contribution in [0.3, 0.4) is 0 Å². The van der Waals surface area contributed by atoms with Gasteiger partial charge in [-0.1, -0.05) is 11.2 Å². The Labute approximate surface area is 107 Å². The third-order valence-electron chi connectivity index (χ3n) is 2.14. The first-order valence-electron chi connectivity index (χ1n) is 5.07. The van der Waals surface area contributed by atoms with Crippen LogP contribution >= 0.6 is 11.3 Å². The van der Waals surface area contributed by atoms with Crippen molar-refractivity contribution in [3.63, 3.8) is 0 Å². The summed E-state index contributed by atoms with van der Waals surface area (Å²) in [5.41, 5.74) is 1.24. The number of rotatable bonds is 3. The number of nitrogens with zero attached hydrogens (tertiary/aromatic N) is 3. The van der Waals surface area contributed by atoms with Gasteiger partial charge in [0.2, 0.25) is 0 Å². The lowest BCUT2D eigenvalue weighted by molar-refractivity contribution is 0.102. The quantitative estimate of drug-likeness (QED) is 0.503. The van der Waals surface area contributed by atoms with Gasteiger partial charge in [-0.05, 0) is 19.1 Å². The molecule has 0 aliphatic rings. The first-order valence-corrected chi connectivity index (χ1v) is 5.95. The van der Waals surface area contributed by atoms with Gasteiger partial charge in [0.05, 0.1) is 0 Å². The molecule has 6 nitrogen and oxygen atoms in total. The van der Waals surface area contributed by atoms with Crippen molar-refractivity contribution < 1.29 is 10.0 Å². The molecule has 0 saturated carbocycles. The molecule has 0 atom stereocenters. The molecule has 7 heteroatoms. The van der Waals surface area contributed by atoms with Gasteiger partial charge in [0, 0.05) is 11.6 Å². The van der Waals surface area contributed by atoms with Crippen LogP contribution in [0.25, 0.3) is 0 Å². The van der Waals surface area contributed by atoms with Gasteiger partial charge in [0.1, 0.15) is 17.1 Å². The van der Waals surface area contributed by atoms with Crippen molar-refractivity contribution >= 4 is 28.1 Å². The molecule has 0 radical (unpaired) electrons. The molecule has 0 fully saturated rings. The summed E-state index contributed by atoms with van der Waals surface area (Å²) in [6.07, 6.45) is 1.55. The Hall–Kier alpha value is -2.28. The second kappa shape index (κ2) is 5.37. The summed E-state index contributed by atoms with van der Waals surface area (Å²) in [6.45, 7) is 1.62. The number of hydrogen-bond donors (Lipinski definition) is 2. The van der Waals surface area contributed by atoms with E-state index in [1.807, 2.05) is 0 Å². The SMILES string of the molecule is CC(=NO)c1csc(NC(=O)c2ccccn2)n1. The molecule has 2 N–H and O–H groups in total. The average molecular weight is 262 g/mol. The number of thiazole rings is 1. The zero-order valence-corrected chi connectivity index (χ0v) is 10.3.